The third kappa shape index (κ3) is 5.08. The van der Waals surface area contributed by atoms with Crippen molar-refractivity contribution in [3.8, 4) is 11.5 Å². The summed E-state index contributed by atoms with van der Waals surface area (Å²) in [5.74, 6) is 1.04. The second-order valence-corrected chi connectivity index (χ2v) is 7.22. The van der Waals surface area contributed by atoms with Gasteiger partial charge in [0.2, 0.25) is 11.8 Å². The molecule has 2 amide bonds. The van der Waals surface area contributed by atoms with Crippen molar-refractivity contribution in [2.75, 3.05) is 32.1 Å². The number of methoxy groups -OCH3 is 1. The Hall–Kier alpha value is -3.02. The molecule has 0 saturated carbocycles. The molecule has 2 aromatic rings. The van der Waals surface area contributed by atoms with Crippen LogP contribution < -0.4 is 14.8 Å². The first-order valence-electron chi connectivity index (χ1n) is 9.95. The third-order valence-corrected chi connectivity index (χ3v) is 5.26. The van der Waals surface area contributed by atoms with E-state index in [2.05, 4.69) is 12.2 Å². The molecule has 1 N–H and O–H groups in total. The SMILES string of the molecule is CCc1cccc(C)c1NC(=O)C1CC(=O)N(CCOc2ccc(OC)cc2)C1. The van der Waals surface area contributed by atoms with Gasteiger partial charge in [-0.1, -0.05) is 25.1 Å². The van der Waals surface area contributed by atoms with Crippen molar-refractivity contribution in [1.29, 1.82) is 0 Å². The summed E-state index contributed by atoms with van der Waals surface area (Å²) in [5.41, 5.74) is 3.01. The molecular weight excluding hydrogens is 368 g/mol. The summed E-state index contributed by atoms with van der Waals surface area (Å²) in [6.07, 6.45) is 1.08. The average molecular weight is 396 g/mol. The van der Waals surface area contributed by atoms with Gasteiger partial charge in [0, 0.05) is 18.7 Å². The van der Waals surface area contributed by atoms with Crippen LogP contribution in [0.25, 0.3) is 0 Å². The van der Waals surface area contributed by atoms with Gasteiger partial charge in [0.25, 0.3) is 0 Å². The number of nitrogens with zero attached hydrogens (tertiary/aromatic N) is 1. The molecule has 1 fully saturated rings. The van der Waals surface area contributed by atoms with Gasteiger partial charge in [-0.25, -0.2) is 0 Å². The van der Waals surface area contributed by atoms with Gasteiger partial charge < -0.3 is 19.7 Å². The molecule has 154 valence electrons. The van der Waals surface area contributed by atoms with Crippen LogP contribution in [0.4, 0.5) is 5.69 Å². The Labute approximate surface area is 171 Å². The molecule has 1 atom stereocenters. The van der Waals surface area contributed by atoms with Crippen LogP contribution in [0.3, 0.4) is 0 Å². The number of benzene rings is 2. The van der Waals surface area contributed by atoms with E-state index in [0.29, 0.717) is 19.7 Å². The average Bonchev–Trinajstić information content (AvgIpc) is 3.10. The topological polar surface area (TPSA) is 67.9 Å². The van der Waals surface area contributed by atoms with E-state index in [4.69, 9.17) is 9.47 Å². The highest BCUT2D eigenvalue weighted by Gasteiger charge is 2.34. The predicted octanol–water partition coefficient (Wildman–Crippen LogP) is 3.43. The van der Waals surface area contributed by atoms with E-state index in [1.54, 1.807) is 12.0 Å². The fourth-order valence-electron chi connectivity index (χ4n) is 3.54. The molecule has 0 bridgehead atoms. The van der Waals surface area contributed by atoms with E-state index in [-0.39, 0.29) is 24.2 Å². The summed E-state index contributed by atoms with van der Waals surface area (Å²) in [6, 6.07) is 13.3. The molecule has 1 saturated heterocycles. The smallest absolute Gasteiger partial charge is 0.229 e. The lowest BCUT2D eigenvalue weighted by molar-refractivity contribution is -0.128. The summed E-state index contributed by atoms with van der Waals surface area (Å²) >= 11 is 0. The number of para-hydroxylation sites is 1. The van der Waals surface area contributed by atoms with E-state index >= 15 is 0 Å². The Bertz CT molecular complexity index is 864. The zero-order valence-electron chi connectivity index (χ0n) is 17.2. The predicted molar refractivity (Wildman–Crippen MR) is 112 cm³/mol. The standard InChI is InChI=1S/C23H28N2O4/c1-4-17-7-5-6-16(2)22(17)24-23(27)18-14-21(26)25(15-18)12-13-29-20-10-8-19(28-3)9-11-20/h5-11,18H,4,12-15H2,1-3H3,(H,24,27). The van der Waals surface area contributed by atoms with Crippen molar-refractivity contribution in [2.45, 2.75) is 26.7 Å². The van der Waals surface area contributed by atoms with Gasteiger partial charge in [-0.2, -0.15) is 0 Å². The highest BCUT2D eigenvalue weighted by atomic mass is 16.5. The normalized spacial score (nSPS) is 16.0. The van der Waals surface area contributed by atoms with Crippen molar-refractivity contribution < 1.29 is 19.1 Å². The van der Waals surface area contributed by atoms with Gasteiger partial charge >= 0.3 is 0 Å². The Morgan fingerprint density at radius 3 is 2.59 bits per heavy atom. The molecule has 0 aliphatic carbocycles. The number of carbonyl (C=O) groups excluding carboxylic acids is 2. The van der Waals surface area contributed by atoms with Gasteiger partial charge in [-0.15, -0.1) is 0 Å². The van der Waals surface area contributed by atoms with E-state index < -0.39 is 0 Å². The number of carbonyl (C=O) groups is 2. The lowest BCUT2D eigenvalue weighted by Crippen LogP contribution is -2.31. The van der Waals surface area contributed by atoms with Crippen LogP contribution in [-0.4, -0.2) is 43.5 Å². The van der Waals surface area contributed by atoms with Crippen LogP contribution in [0.5, 0.6) is 11.5 Å². The Balaban J connectivity index is 1.52. The van der Waals surface area contributed by atoms with Gasteiger partial charge in [0.1, 0.15) is 18.1 Å². The third-order valence-electron chi connectivity index (χ3n) is 5.26. The molecule has 6 nitrogen and oxygen atoms in total. The monoisotopic (exact) mass is 396 g/mol. The Kier molecular flexibility index (Phi) is 6.75. The molecule has 1 heterocycles. The molecule has 3 rings (SSSR count). The minimum absolute atomic E-state index is 0.0102. The number of hydrogen-bond donors (Lipinski definition) is 1. The zero-order chi connectivity index (χ0) is 20.8. The quantitative estimate of drug-likeness (QED) is 0.742. The molecule has 6 heteroatoms. The largest absolute Gasteiger partial charge is 0.497 e. The number of ether oxygens (including phenoxy) is 2. The van der Waals surface area contributed by atoms with Gasteiger partial charge in [0.05, 0.1) is 19.6 Å². The first-order chi connectivity index (χ1) is 14.0. The number of rotatable bonds is 8. The second-order valence-electron chi connectivity index (χ2n) is 7.22. The summed E-state index contributed by atoms with van der Waals surface area (Å²) < 4.78 is 10.8. The number of amides is 2. The summed E-state index contributed by atoms with van der Waals surface area (Å²) in [6.45, 7) is 5.30. The van der Waals surface area contributed by atoms with Crippen molar-refractivity contribution in [2.24, 2.45) is 5.92 Å². The van der Waals surface area contributed by atoms with Crippen molar-refractivity contribution in [1.82, 2.24) is 4.90 Å². The molecule has 29 heavy (non-hydrogen) atoms. The van der Waals surface area contributed by atoms with E-state index in [0.717, 1.165) is 34.7 Å². The molecule has 1 unspecified atom stereocenters. The molecule has 0 aromatic heterocycles. The second kappa shape index (κ2) is 9.45. The van der Waals surface area contributed by atoms with E-state index in [1.807, 2.05) is 49.4 Å². The number of likely N-dealkylation sites (tertiary alicyclic amines) is 1. The minimum Gasteiger partial charge on any atom is -0.497 e. The van der Waals surface area contributed by atoms with Gasteiger partial charge in [0.15, 0.2) is 0 Å². The molecule has 2 aromatic carbocycles. The highest BCUT2D eigenvalue weighted by Crippen LogP contribution is 2.25. The number of aryl methyl sites for hydroxylation is 2. The summed E-state index contributed by atoms with van der Waals surface area (Å²) in [7, 11) is 1.61. The van der Waals surface area contributed by atoms with Crippen LogP contribution in [0, 0.1) is 12.8 Å². The Morgan fingerprint density at radius 1 is 1.17 bits per heavy atom. The molecule has 0 spiro atoms. The van der Waals surface area contributed by atoms with Gasteiger partial charge in [-0.3, -0.25) is 9.59 Å². The van der Waals surface area contributed by atoms with Crippen LogP contribution in [0.15, 0.2) is 42.5 Å². The first kappa shape index (κ1) is 20.7. The molecule has 1 aliphatic rings. The molecular formula is C23H28N2O4. The summed E-state index contributed by atoms with van der Waals surface area (Å²) in [5, 5.41) is 3.04. The summed E-state index contributed by atoms with van der Waals surface area (Å²) in [4.78, 5) is 26.8. The van der Waals surface area contributed by atoms with E-state index in [9.17, 15) is 9.59 Å². The zero-order valence-corrected chi connectivity index (χ0v) is 17.2. The lowest BCUT2D eigenvalue weighted by atomic mass is 10.0. The molecule has 0 radical (unpaired) electrons. The maximum atomic E-state index is 12.7. The fraction of sp³-hybridized carbons (Fsp3) is 0.391. The maximum Gasteiger partial charge on any atom is 0.229 e. The van der Waals surface area contributed by atoms with Crippen molar-refractivity contribution >= 4 is 17.5 Å². The Morgan fingerprint density at radius 2 is 1.90 bits per heavy atom. The van der Waals surface area contributed by atoms with Crippen LogP contribution in [0.2, 0.25) is 0 Å². The number of nitrogens with one attached hydrogen (secondary N) is 1. The van der Waals surface area contributed by atoms with Crippen LogP contribution >= 0.6 is 0 Å². The molecule has 1 aliphatic heterocycles. The fourth-order valence-corrected chi connectivity index (χ4v) is 3.54. The van der Waals surface area contributed by atoms with Crippen LogP contribution in [-0.2, 0) is 16.0 Å². The van der Waals surface area contributed by atoms with Crippen LogP contribution in [0.1, 0.15) is 24.5 Å². The maximum absolute atomic E-state index is 12.7. The van der Waals surface area contributed by atoms with E-state index in [1.165, 1.54) is 0 Å². The van der Waals surface area contributed by atoms with Gasteiger partial charge in [-0.05, 0) is 48.7 Å². The first-order valence-corrected chi connectivity index (χ1v) is 9.95. The highest BCUT2D eigenvalue weighted by molar-refractivity contribution is 5.98. The van der Waals surface area contributed by atoms with Crippen molar-refractivity contribution in [3.05, 3.63) is 53.6 Å². The minimum atomic E-state index is -0.340. The lowest BCUT2D eigenvalue weighted by Gasteiger charge is -2.18. The van der Waals surface area contributed by atoms with Crippen molar-refractivity contribution in [3.63, 3.8) is 0 Å². The number of hydrogen-bond acceptors (Lipinski definition) is 4. The number of anilines is 1.